The molecule has 2 aliphatic heterocycles. The van der Waals surface area contributed by atoms with Crippen molar-refractivity contribution in [3.8, 4) is 0 Å². The maximum Gasteiger partial charge on any atom is 0.322 e. The third kappa shape index (κ3) is 4.11. The minimum Gasteiger partial charge on any atom is -0.350 e. The molecule has 2 aromatic rings. The van der Waals surface area contributed by atoms with Gasteiger partial charge in [0.05, 0.1) is 23.9 Å². The largest absolute Gasteiger partial charge is 0.350 e. The van der Waals surface area contributed by atoms with E-state index in [2.05, 4.69) is 10.6 Å². The highest BCUT2D eigenvalue weighted by Crippen LogP contribution is 2.35. The van der Waals surface area contributed by atoms with Gasteiger partial charge in [0.2, 0.25) is 5.91 Å². The fraction of sp³-hybridized carbons (Fsp3) is 0.227. The number of amides is 4. The minimum absolute atomic E-state index is 0.100. The van der Waals surface area contributed by atoms with E-state index < -0.39 is 29.6 Å². The standard InChI is InChI=1S/C22H20F2N4O3/c1-27-17-11-28(12-18(29)25-10-13-3-2-4-16(24)9-13)21(30)19(17)20(26-22(27)31)14-5-7-15(23)8-6-14/h2-9,20H,10-12H2,1H3,(H,25,29)(H,26,31). The van der Waals surface area contributed by atoms with E-state index in [4.69, 9.17) is 0 Å². The molecule has 0 saturated heterocycles. The molecular weight excluding hydrogens is 406 g/mol. The van der Waals surface area contributed by atoms with E-state index in [0.717, 1.165) is 0 Å². The SMILES string of the molecule is CN1C(=O)NC(c2ccc(F)cc2)C2=C1CN(CC(=O)NCc1cccc(F)c1)C2=O. The summed E-state index contributed by atoms with van der Waals surface area (Å²) in [5.74, 6) is -1.60. The number of carbonyl (C=O) groups excluding carboxylic acids is 3. The number of hydrogen-bond donors (Lipinski definition) is 2. The summed E-state index contributed by atoms with van der Waals surface area (Å²) in [5.41, 5.74) is 2.03. The molecule has 1 atom stereocenters. The summed E-state index contributed by atoms with van der Waals surface area (Å²) >= 11 is 0. The molecule has 2 aromatic carbocycles. The van der Waals surface area contributed by atoms with Gasteiger partial charge in [-0.05, 0) is 35.4 Å². The monoisotopic (exact) mass is 426 g/mol. The van der Waals surface area contributed by atoms with E-state index in [1.54, 1.807) is 19.2 Å². The van der Waals surface area contributed by atoms with E-state index in [1.165, 1.54) is 46.2 Å². The molecule has 4 rings (SSSR count). The summed E-state index contributed by atoms with van der Waals surface area (Å²) < 4.78 is 26.6. The molecule has 2 N–H and O–H groups in total. The Morgan fingerprint density at radius 2 is 1.87 bits per heavy atom. The quantitative estimate of drug-likeness (QED) is 0.768. The highest BCUT2D eigenvalue weighted by molar-refractivity contribution is 6.02. The molecule has 0 fully saturated rings. The Labute approximate surface area is 177 Å². The summed E-state index contributed by atoms with van der Waals surface area (Å²) in [6, 6.07) is 10.3. The van der Waals surface area contributed by atoms with Crippen LogP contribution in [-0.2, 0) is 16.1 Å². The van der Waals surface area contributed by atoms with Gasteiger partial charge in [-0.3, -0.25) is 14.5 Å². The highest BCUT2D eigenvalue weighted by atomic mass is 19.1. The number of nitrogens with one attached hydrogen (secondary N) is 2. The zero-order valence-electron chi connectivity index (χ0n) is 16.7. The average molecular weight is 426 g/mol. The second-order valence-electron chi connectivity index (χ2n) is 7.42. The van der Waals surface area contributed by atoms with Gasteiger partial charge in [0.1, 0.15) is 18.2 Å². The van der Waals surface area contributed by atoms with Gasteiger partial charge in [-0.25, -0.2) is 13.6 Å². The van der Waals surface area contributed by atoms with Gasteiger partial charge in [-0.1, -0.05) is 24.3 Å². The molecule has 2 heterocycles. The van der Waals surface area contributed by atoms with Gasteiger partial charge in [0, 0.05) is 13.6 Å². The first-order valence-corrected chi connectivity index (χ1v) is 9.66. The molecule has 0 aliphatic carbocycles. The zero-order chi connectivity index (χ0) is 22.1. The molecule has 1 unspecified atom stereocenters. The number of likely N-dealkylation sites (N-methyl/N-ethyl adjacent to an activating group) is 1. The smallest absolute Gasteiger partial charge is 0.322 e. The van der Waals surface area contributed by atoms with Crippen molar-refractivity contribution >= 4 is 17.8 Å². The second kappa shape index (κ2) is 8.17. The van der Waals surface area contributed by atoms with Crippen molar-refractivity contribution in [2.24, 2.45) is 0 Å². The fourth-order valence-corrected chi connectivity index (χ4v) is 3.73. The lowest BCUT2D eigenvalue weighted by Crippen LogP contribution is -2.45. The Balaban J connectivity index is 1.48. The number of carbonyl (C=O) groups is 3. The zero-order valence-corrected chi connectivity index (χ0v) is 16.7. The number of rotatable bonds is 5. The van der Waals surface area contributed by atoms with Crippen LogP contribution in [0.15, 0.2) is 59.8 Å². The summed E-state index contributed by atoms with van der Waals surface area (Å²) in [6.45, 7) is 0.0202. The van der Waals surface area contributed by atoms with Gasteiger partial charge in [-0.2, -0.15) is 0 Å². The highest BCUT2D eigenvalue weighted by Gasteiger charge is 2.43. The molecule has 0 aromatic heterocycles. The normalized spacial score (nSPS) is 18.2. The summed E-state index contributed by atoms with van der Waals surface area (Å²) in [5, 5.41) is 5.42. The van der Waals surface area contributed by atoms with Crippen molar-refractivity contribution in [2.75, 3.05) is 20.1 Å². The molecule has 160 valence electrons. The lowest BCUT2D eigenvalue weighted by atomic mass is 9.96. The lowest BCUT2D eigenvalue weighted by molar-refractivity contribution is -0.132. The molecule has 7 nitrogen and oxygen atoms in total. The molecule has 9 heteroatoms. The third-order valence-electron chi connectivity index (χ3n) is 5.35. The van der Waals surface area contributed by atoms with E-state index >= 15 is 0 Å². The maximum absolute atomic E-state index is 13.3. The number of hydrogen-bond acceptors (Lipinski definition) is 3. The van der Waals surface area contributed by atoms with Crippen LogP contribution in [0, 0.1) is 11.6 Å². The Morgan fingerprint density at radius 1 is 1.13 bits per heavy atom. The number of halogens is 2. The third-order valence-corrected chi connectivity index (χ3v) is 5.35. The molecular formula is C22H20F2N4O3. The van der Waals surface area contributed by atoms with Crippen LogP contribution in [0.25, 0.3) is 0 Å². The van der Waals surface area contributed by atoms with Gasteiger partial charge in [0.25, 0.3) is 5.91 Å². The van der Waals surface area contributed by atoms with Gasteiger partial charge in [0.15, 0.2) is 0 Å². The second-order valence-corrected chi connectivity index (χ2v) is 7.42. The first kappa shape index (κ1) is 20.5. The minimum atomic E-state index is -0.729. The van der Waals surface area contributed by atoms with Crippen LogP contribution in [0.4, 0.5) is 13.6 Å². The first-order valence-electron chi connectivity index (χ1n) is 9.66. The van der Waals surface area contributed by atoms with Crippen LogP contribution in [0.1, 0.15) is 17.2 Å². The van der Waals surface area contributed by atoms with Crippen LogP contribution in [-0.4, -0.2) is 47.8 Å². The molecule has 4 amide bonds. The van der Waals surface area contributed by atoms with Gasteiger partial charge >= 0.3 is 6.03 Å². The van der Waals surface area contributed by atoms with E-state index in [-0.39, 0.29) is 25.5 Å². The predicted molar refractivity (Wildman–Crippen MR) is 107 cm³/mol. The van der Waals surface area contributed by atoms with Crippen molar-refractivity contribution in [1.29, 1.82) is 0 Å². The topological polar surface area (TPSA) is 81.8 Å². The summed E-state index contributed by atoms with van der Waals surface area (Å²) in [7, 11) is 1.55. The van der Waals surface area contributed by atoms with Crippen molar-refractivity contribution in [3.05, 3.63) is 82.6 Å². The number of urea groups is 1. The van der Waals surface area contributed by atoms with Crippen molar-refractivity contribution in [2.45, 2.75) is 12.6 Å². The maximum atomic E-state index is 13.3. The Morgan fingerprint density at radius 3 is 2.58 bits per heavy atom. The molecule has 0 radical (unpaired) electrons. The molecule has 0 bridgehead atoms. The molecule has 2 aliphatic rings. The van der Waals surface area contributed by atoms with Crippen LogP contribution in [0.5, 0.6) is 0 Å². The van der Waals surface area contributed by atoms with Gasteiger partial charge in [-0.15, -0.1) is 0 Å². The van der Waals surface area contributed by atoms with Crippen LogP contribution >= 0.6 is 0 Å². The van der Waals surface area contributed by atoms with Gasteiger partial charge < -0.3 is 15.5 Å². The molecule has 0 saturated carbocycles. The van der Waals surface area contributed by atoms with Crippen LogP contribution in [0.3, 0.4) is 0 Å². The van der Waals surface area contributed by atoms with E-state index in [0.29, 0.717) is 22.4 Å². The van der Waals surface area contributed by atoms with Crippen LogP contribution in [0.2, 0.25) is 0 Å². The number of nitrogens with zero attached hydrogens (tertiary/aromatic N) is 2. The molecule has 31 heavy (non-hydrogen) atoms. The van der Waals surface area contributed by atoms with Crippen molar-refractivity contribution in [3.63, 3.8) is 0 Å². The van der Waals surface area contributed by atoms with Crippen molar-refractivity contribution < 1.29 is 23.2 Å². The Bertz CT molecular complexity index is 1080. The van der Waals surface area contributed by atoms with Crippen molar-refractivity contribution in [1.82, 2.24) is 20.4 Å². The molecule has 0 spiro atoms. The lowest BCUT2D eigenvalue weighted by Gasteiger charge is -2.31. The summed E-state index contributed by atoms with van der Waals surface area (Å²) in [6.07, 6.45) is 0. The number of benzene rings is 2. The van der Waals surface area contributed by atoms with E-state index in [9.17, 15) is 23.2 Å². The average Bonchev–Trinajstić information content (AvgIpc) is 3.06. The van der Waals surface area contributed by atoms with E-state index in [1.807, 2.05) is 0 Å². The Hall–Kier alpha value is -3.75. The van der Waals surface area contributed by atoms with Crippen LogP contribution < -0.4 is 10.6 Å². The Kier molecular flexibility index (Phi) is 5.41. The fourth-order valence-electron chi connectivity index (χ4n) is 3.73. The predicted octanol–water partition coefficient (Wildman–Crippen LogP) is 2.07. The first-order chi connectivity index (χ1) is 14.8. The summed E-state index contributed by atoms with van der Waals surface area (Å²) in [4.78, 5) is 40.5.